The number of carbonyl (C=O) groups is 1. The minimum atomic E-state index is -0.877. The Bertz CT molecular complexity index is 378. The lowest BCUT2D eigenvalue weighted by Gasteiger charge is -2.27. The van der Waals surface area contributed by atoms with Gasteiger partial charge in [-0.2, -0.15) is 0 Å². The monoisotopic (exact) mass is 255 g/mol. The number of amides is 1. The van der Waals surface area contributed by atoms with Crippen molar-refractivity contribution in [2.24, 2.45) is 0 Å². The second-order valence-corrected chi connectivity index (χ2v) is 4.14. The van der Waals surface area contributed by atoms with Gasteiger partial charge in [-0.05, 0) is 40.4 Å². The van der Waals surface area contributed by atoms with Crippen LogP contribution in [0.1, 0.15) is 12.0 Å². The third-order valence-corrected chi connectivity index (χ3v) is 3.04. The van der Waals surface area contributed by atoms with Crippen LogP contribution in [0.15, 0.2) is 22.7 Å². The van der Waals surface area contributed by atoms with Gasteiger partial charge >= 0.3 is 6.09 Å². The van der Waals surface area contributed by atoms with Gasteiger partial charge in [0, 0.05) is 11.0 Å². The fraction of sp³-hybridized carbons (Fsp3) is 0.300. The molecule has 1 aliphatic rings. The molecular weight excluding hydrogens is 246 g/mol. The lowest BCUT2D eigenvalue weighted by molar-refractivity contribution is 0.201. The molecule has 1 aromatic rings. The van der Waals surface area contributed by atoms with Gasteiger partial charge in [0.05, 0.1) is 5.69 Å². The van der Waals surface area contributed by atoms with Gasteiger partial charge in [-0.25, -0.2) is 4.79 Å². The number of benzene rings is 1. The van der Waals surface area contributed by atoms with Gasteiger partial charge in [-0.1, -0.05) is 12.1 Å². The number of halogens is 1. The molecule has 0 atom stereocenters. The van der Waals surface area contributed by atoms with Crippen molar-refractivity contribution in [1.82, 2.24) is 0 Å². The zero-order chi connectivity index (χ0) is 10.1. The van der Waals surface area contributed by atoms with Crippen molar-refractivity contribution in [3.8, 4) is 0 Å². The van der Waals surface area contributed by atoms with Crippen LogP contribution in [0.25, 0.3) is 0 Å². The number of anilines is 1. The van der Waals surface area contributed by atoms with Gasteiger partial charge < -0.3 is 5.11 Å². The fourth-order valence-electron chi connectivity index (χ4n) is 1.79. The molecule has 14 heavy (non-hydrogen) atoms. The van der Waals surface area contributed by atoms with Crippen LogP contribution in [-0.4, -0.2) is 17.7 Å². The number of nitrogens with zero attached hydrogens (tertiary/aromatic N) is 1. The van der Waals surface area contributed by atoms with E-state index in [4.69, 9.17) is 5.11 Å². The number of aryl methyl sites for hydroxylation is 1. The predicted molar refractivity (Wildman–Crippen MR) is 57.8 cm³/mol. The summed E-state index contributed by atoms with van der Waals surface area (Å²) in [6.07, 6.45) is 0.978. The number of fused-ring (bicyclic) bond motifs is 1. The molecule has 0 unspecified atom stereocenters. The smallest absolute Gasteiger partial charge is 0.411 e. The highest BCUT2D eigenvalue weighted by atomic mass is 79.9. The normalized spacial score (nSPS) is 15.1. The molecule has 1 amide bonds. The highest BCUT2D eigenvalue weighted by Gasteiger charge is 2.23. The molecule has 2 rings (SSSR count). The quantitative estimate of drug-likeness (QED) is 0.775. The van der Waals surface area contributed by atoms with Gasteiger partial charge in [0.15, 0.2) is 0 Å². The lowest BCUT2D eigenvalue weighted by Crippen LogP contribution is -2.34. The minimum Gasteiger partial charge on any atom is -0.465 e. The third-order valence-electron chi connectivity index (χ3n) is 2.40. The highest BCUT2D eigenvalue weighted by Crippen LogP contribution is 2.34. The van der Waals surface area contributed by atoms with Crippen molar-refractivity contribution >= 4 is 27.7 Å². The first-order valence-electron chi connectivity index (χ1n) is 4.48. The first-order valence-corrected chi connectivity index (χ1v) is 5.27. The van der Waals surface area contributed by atoms with Crippen molar-refractivity contribution in [3.63, 3.8) is 0 Å². The Morgan fingerprint density at radius 1 is 1.50 bits per heavy atom. The number of hydrogen-bond donors (Lipinski definition) is 1. The maximum Gasteiger partial charge on any atom is 0.411 e. The minimum absolute atomic E-state index is 0.588. The molecule has 74 valence electrons. The second kappa shape index (κ2) is 3.61. The van der Waals surface area contributed by atoms with Crippen molar-refractivity contribution in [2.75, 3.05) is 11.4 Å². The molecule has 0 spiro atoms. The van der Waals surface area contributed by atoms with Crippen molar-refractivity contribution in [1.29, 1.82) is 0 Å². The highest BCUT2D eigenvalue weighted by molar-refractivity contribution is 9.10. The van der Waals surface area contributed by atoms with Crippen LogP contribution in [-0.2, 0) is 6.42 Å². The van der Waals surface area contributed by atoms with Crippen LogP contribution in [0.3, 0.4) is 0 Å². The maximum absolute atomic E-state index is 11.0. The van der Waals surface area contributed by atoms with E-state index in [1.807, 2.05) is 18.2 Å². The molecule has 0 saturated heterocycles. The maximum atomic E-state index is 11.0. The molecule has 0 aliphatic carbocycles. The van der Waals surface area contributed by atoms with Gasteiger partial charge in [-0.3, -0.25) is 4.90 Å². The molecular formula is C10H10BrNO2. The number of carboxylic acid groups (broad SMARTS) is 1. The van der Waals surface area contributed by atoms with E-state index in [1.165, 1.54) is 4.90 Å². The number of rotatable bonds is 0. The predicted octanol–water partition coefficient (Wildman–Crippen LogP) is 2.88. The average Bonchev–Trinajstić information content (AvgIpc) is 2.17. The number of hydrogen-bond acceptors (Lipinski definition) is 1. The van der Waals surface area contributed by atoms with Crippen molar-refractivity contribution in [2.45, 2.75) is 12.8 Å². The van der Waals surface area contributed by atoms with Gasteiger partial charge in [0.25, 0.3) is 0 Å². The van der Waals surface area contributed by atoms with Crippen LogP contribution in [0, 0.1) is 0 Å². The Morgan fingerprint density at radius 2 is 2.29 bits per heavy atom. The summed E-state index contributed by atoms with van der Waals surface area (Å²) < 4.78 is 0.858. The molecule has 0 saturated carbocycles. The summed E-state index contributed by atoms with van der Waals surface area (Å²) in [5.74, 6) is 0. The first kappa shape index (κ1) is 9.52. The summed E-state index contributed by atoms with van der Waals surface area (Å²) in [7, 11) is 0. The SMILES string of the molecule is O=C(O)N1CCCc2cccc(Br)c21. The molecule has 0 radical (unpaired) electrons. The van der Waals surface area contributed by atoms with E-state index in [2.05, 4.69) is 15.9 Å². The van der Waals surface area contributed by atoms with E-state index >= 15 is 0 Å². The van der Waals surface area contributed by atoms with Gasteiger partial charge in [0.2, 0.25) is 0 Å². The molecule has 1 aliphatic heterocycles. The van der Waals surface area contributed by atoms with E-state index in [-0.39, 0.29) is 0 Å². The zero-order valence-electron chi connectivity index (χ0n) is 7.53. The average molecular weight is 256 g/mol. The molecule has 1 heterocycles. The summed E-state index contributed by atoms with van der Waals surface area (Å²) in [4.78, 5) is 12.4. The molecule has 3 nitrogen and oxygen atoms in total. The van der Waals surface area contributed by atoms with Crippen molar-refractivity contribution in [3.05, 3.63) is 28.2 Å². The number of para-hydroxylation sites is 1. The van der Waals surface area contributed by atoms with Crippen LogP contribution < -0.4 is 4.90 Å². The van der Waals surface area contributed by atoms with E-state index in [0.29, 0.717) is 6.54 Å². The van der Waals surface area contributed by atoms with Crippen LogP contribution in [0.4, 0.5) is 10.5 Å². The first-order chi connectivity index (χ1) is 6.70. The Morgan fingerprint density at radius 3 is 3.00 bits per heavy atom. The van der Waals surface area contributed by atoms with E-state index in [9.17, 15) is 4.79 Å². The summed E-state index contributed by atoms with van der Waals surface area (Å²) in [5.41, 5.74) is 1.92. The third kappa shape index (κ3) is 1.50. The van der Waals surface area contributed by atoms with Gasteiger partial charge in [0.1, 0.15) is 0 Å². The van der Waals surface area contributed by atoms with E-state index in [1.54, 1.807) is 0 Å². The van der Waals surface area contributed by atoms with Crippen LogP contribution >= 0.6 is 15.9 Å². The molecule has 1 aromatic carbocycles. The summed E-state index contributed by atoms with van der Waals surface area (Å²) >= 11 is 3.39. The summed E-state index contributed by atoms with van der Waals surface area (Å²) in [6, 6.07) is 5.80. The Labute approximate surface area is 90.5 Å². The van der Waals surface area contributed by atoms with E-state index in [0.717, 1.165) is 28.6 Å². The summed E-state index contributed by atoms with van der Waals surface area (Å²) in [6.45, 7) is 0.588. The Kier molecular flexibility index (Phi) is 2.46. The largest absolute Gasteiger partial charge is 0.465 e. The Hall–Kier alpha value is -1.03. The van der Waals surface area contributed by atoms with Crippen molar-refractivity contribution < 1.29 is 9.90 Å². The standard InChI is InChI=1S/C10H10BrNO2/c11-8-5-1-3-7-4-2-6-12(9(7)8)10(13)14/h1,3,5H,2,4,6H2,(H,13,14). The zero-order valence-corrected chi connectivity index (χ0v) is 9.12. The van der Waals surface area contributed by atoms with Crippen LogP contribution in [0.2, 0.25) is 0 Å². The van der Waals surface area contributed by atoms with E-state index < -0.39 is 6.09 Å². The lowest BCUT2D eigenvalue weighted by atomic mass is 10.0. The molecule has 4 heteroatoms. The van der Waals surface area contributed by atoms with Gasteiger partial charge in [-0.15, -0.1) is 0 Å². The topological polar surface area (TPSA) is 40.5 Å². The molecule has 0 aromatic heterocycles. The molecule has 0 bridgehead atoms. The second-order valence-electron chi connectivity index (χ2n) is 3.29. The summed E-state index contributed by atoms with van der Waals surface area (Å²) in [5, 5.41) is 9.01. The van der Waals surface area contributed by atoms with Crippen LogP contribution in [0.5, 0.6) is 0 Å². The molecule has 1 N–H and O–H groups in total. The Balaban J connectivity index is 2.52. The molecule has 0 fully saturated rings. The fourth-order valence-corrected chi connectivity index (χ4v) is 2.42.